The fraction of sp³-hybridized carbons (Fsp3) is 0.304. The molecule has 0 saturated carbocycles. The van der Waals surface area contributed by atoms with E-state index in [1.807, 2.05) is 13.8 Å². The van der Waals surface area contributed by atoms with Gasteiger partial charge in [0, 0.05) is 17.8 Å². The van der Waals surface area contributed by atoms with Crippen LogP contribution in [0, 0.1) is 5.92 Å². The minimum Gasteiger partial charge on any atom is -0.462 e. The summed E-state index contributed by atoms with van der Waals surface area (Å²) in [6, 6.07) is 10.7. The molecular formula is C23H24Cl2N2O6. The van der Waals surface area contributed by atoms with E-state index in [4.69, 9.17) is 32.7 Å². The summed E-state index contributed by atoms with van der Waals surface area (Å²) in [5, 5.41) is 5.79. The molecule has 2 N–H and O–H groups in total. The highest BCUT2D eigenvalue weighted by Gasteiger charge is 2.12. The first-order valence-corrected chi connectivity index (χ1v) is 10.9. The number of benzene rings is 2. The second-order valence-corrected chi connectivity index (χ2v) is 8.27. The van der Waals surface area contributed by atoms with Crippen molar-refractivity contribution in [1.29, 1.82) is 0 Å². The number of hydrogen-bond donors (Lipinski definition) is 2. The number of nitrogens with one attached hydrogen (secondary N) is 2. The number of rotatable bonds is 10. The molecule has 0 heterocycles. The lowest BCUT2D eigenvalue weighted by Crippen LogP contribution is -2.21. The third-order valence-corrected chi connectivity index (χ3v) is 4.81. The minimum absolute atomic E-state index is 0.130. The number of ether oxygens (including phenoxy) is 2. The Morgan fingerprint density at radius 1 is 0.818 bits per heavy atom. The summed E-state index contributed by atoms with van der Waals surface area (Å²) < 4.78 is 10.0. The van der Waals surface area contributed by atoms with Gasteiger partial charge < -0.3 is 20.1 Å². The zero-order chi connectivity index (χ0) is 24.4. The van der Waals surface area contributed by atoms with Gasteiger partial charge in [0.2, 0.25) is 5.91 Å². The molecule has 2 aromatic rings. The highest BCUT2D eigenvalue weighted by atomic mass is 35.5. The van der Waals surface area contributed by atoms with Crippen molar-refractivity contribution in [2.75, 3.05) is 23.8 Å². The van der Waals surface area contributed by atoms with Gasteiger partial charge in [-0.15, -0.1) is 0 Å². The van der Waals surface area contributed by atoms with Gasteiger partial charge in [0.15, 0.2) is 6.61 Å². The summed E-state index contributed by atoms with van der Waals surface area (Å²) in [6.45, 7) is 3.68. The summed E-state index contributed by atoms with van der Waals surface area (Å²) in [6.07, 6.45) is -0.331. The molecule has 0 aliphatic carbocycles. The van der Waals surface area contributed by atoms with E-state index in [1.54, 1.807) is 24.3 Å². The van der Waals surface area contributed by atoms with Gasteiger partial charge in [-0.1, -0.05) is 37.0 Å². The molecule has 0 bridgehead atoms. The van der Waals surface area contributed by atoms with Gasteiger partial charge in [0.1, 0.15) is 0 Å². The molecule has 0 unspecified atom stereocenters. The van der Waals surface area contributed by atoms with Crippen LogP contribution in [0.2, 0.25) is 10.0 Å². The zero-order valence-electron chi connectivity index (χ0n) is 18.2. The Kier molecular flexibility index (Phi) is 10.2. The number of hydrogen-bond acceptors (Lipinski definition) is 6. The van der Waals surface area contributed by atoms with Crippen LogP contribution < -0.4 is 10.6 Å². The first kappa shape index (κ1) is 26.2. The molecule has 0 aliphatic rings. The van der Waals surface area contributed by atoms with E-state index in [-0.39, 0.29) is 18.8 Å². The van der Waals surface area contributed by atoms with Crippen LogP contribution in [0.5, 0.6) is 0 Å². The number of amides is 2. The smallest absolute Gasteiger partial charge is 0.338 e. The molecule has 0 spiro atoms. The largest absolute Gasteiger partial charge is 0.462 e. The topological polar surface area (TPSA) is 111 Å². The molecule has 8 nitrogen and oxygen atoms in total. The number of anilines is 2. The zero-order valence-corrected chi connectivity index (χ0v) is 19.7. The second kappa shape index (κ2) is 12.8. The monoisotopic (exact) mass is 494 g/mol. The second-order valence-electron chi connectivity index (χ2n) is 7.46. The van der Waals surface area contributed by atoms with Crippen LogP contribution in [0.15, 0.2) is 42.5 Å². The predicted molar refractivity (Wildman–Crippen MR) is 125 cm³/mol. The van der Waals surface area contributed by atoms with Crippen LogP contribution in [0.4, 0.5) is 11.4 Å². The highest BCUT2D eigenvalue weighted by molar-refractivity contribution is 6.42. The van der Waals surface area contributed by atoms with Crippen molar-refractivity contribution >= 4 is 58.3 Å². The number of esters is 2. The molecule has 10 heteroatoms. The number of carbonyl (C=O) groups excluding carboxylic acids is 4. The van der Waals surface area contributed by atoms with Gasteiger partial charge in [-0.25, -0.2) is 4.79 Å². The number of halogens is 2. The average molecular weight is 495 g/mol. The Bertz CT molecular complexity index is 1010. The summed E-state index contributed by atoms with van der Waals surface area (Å²) >= 11 is 11.7. The van der Waals surface area contributed by atoms with Gasteiger partial charge in [-0.2, -0.15) is 0 Å². The Morgan fingerprint density at radius 3 is 2.09 bits per heavy atom. The molecule has 2 amide bonds. The molecule has 0 aromatic heterocycles. The average Bonchev–Trinajstić information content (AvgIpc) is 2.77. The number of carbonyl (C=O) groups is 4. The molecule has 0 fully saturated rings. The van der Waals surface area contributed by atoms with Gasteiger partial charge in [0.25, 0.3) is 5.91 Å². The van der Waals surface area contributed by atoms with E-state index >= 15 is 0 Å². The van der Waals surface area contributed by atoms with E-state index in [1.165, 1.54) is 18.2 Å². The molecular weight excluding hydrogens is 471 g/mol. The third kappa shape index (κ3) is 9.51. The maximum atomic E-state index is 12.0. The lowest BCUT2D eigenvalue weighted by Gasteiger charge is -2.09. The summed E-state index contributed by atoms with van der Waals surface area (Å²) in [5.41, 5.74) is 1.23. The predicted octanol–water partition coefficient (Wildman–Crippen LogP) is 4.71. The van der Waals surface area contributed by atoms with Gasteiger partial charge in [-0.05, 0) is 48.4 Å². The van der Waals surface area contributed by atoms with Crippen LogP contribution in [0.25, 0.3) is 0 Å². The Labute approximate surface area is 201 Å². The van der Waals surface area contributed by atoms with Crippen molar-refractivity contribution in [3.05, 3.63) is 58.1 Å². The van der Waals surface area contributed by atoms with Crippen molar-refractivity contribution in [1.82, 2.24) is 0 Å². The van der Waals surface area contributed by atoms with Crippen molar-refractivity contribution in [3.63, 3.8) is 0 Å². The maximum Gasteiger partial charge on any atom is 0.338 e. The fourth-order valence-electron chi connectivity index (χ4n) is 2.44. The summed E-state index contributed by atoms with van der Waals surface area (Å²) in [7, 11) is 0. The molecule has 33 heavy (non-hydrogen) atoms. The third-order valence-electron chi connectivity index (χ3n) is 4.08. The molecule has 0 saturated heterocycles. The lowest BCUT2D eigenvalue weighted by atomic mass is 10.2. The summed E-state index contributed by atoms with van der Waals surface area (Å²) in [5.74, 6) is -1.89. The highest BCUT2D eigenvalue weighted by Crippen LogP contribution is 2.25. The normalized spacial score (nSPS) is 10.5. The van der Waals surface area contributed by atoms with Crippen LogP contribution in [-0.2, 0) is 23.9 Å². The summed E-state index contributed by atoms with van der Waals surface area (Å²) in [4.78, 5) is 47.6. The molecule has 2 rings (SSSR count). The molecule has 2 aromatic carbocycles. The Morgan fingerprint density at radius 2 is 1.45 bits per heavy atom. The van der Waals surface area contributed by atoms with E-state index in [2.05, 4.69) is 10.6 Å². The lowest BCUT2D eigenvalue weighted by molar-refractivity contribution is -0.147. The van der Waals surface area contributed by atoms with E-state index in [9.17, 15) is 19.2 Å². The van der Waals surface area contributed by atoms with Crippen LogP contribution in [0.1, 0.15) is 37.0 Å². The molecule has 0 radical (unpaired) electrons. The quantitative estimate of drug-likeness (QED) is 0.462. The van der Waals surface area contributed by atoms with Gasteiger partial charge >= 0.3 is 11.9 Å². The van der Waals surface area contributed by atoms with Crippen molar-refractivity contribution < 1.29 is 28.7 Å². The standard InChI is InChI=1S/C23H24Cl2N2O6/c1-14(2)12-33-23(31)15-3-5-16(6-4-15)26-21(29)13-32-22(30)10-9-20(28)27-17-7-8-18(24)19(25)11-17/h3-8,11,14H,9-10,12-13H2,1-2H3,(H,26,29)(H,27,28). The van der Waals surface area contributed by atoms with E-state index in [0.717, 1.165) is 0 Å². The van der Waals surface area contributed by atoms with Crippen molar-refractivity contribution in [2.45, 2.75) is 26.7 Å². The van der Waals surface area contributed by atoms with Gasteiger partial charge in [0.05, 0.1) is 28.6 Å². The Hall–Kier alpha value is -3.10. The van der Waals surface area contributed by atoms with Crippen LogP contribution in [0.3, 0.4) is 0 Å². The molecule has 176 valence electrons. The SMILES string of the molecule is CC(C)COC(=O)c1ccc(NC(=O)COC(=O)CCC(=O)Nc2ccc(Cl)c(Cl)c2)cc1. The minimum atomic E-state index is -0.697. The fourth-order valence-corrected chi connectivity index (χ4v) is 2.74. The van der Waals surface area contributed by atoms with Crippen LogP contribution >= 0.6 is 23.2 Å². The first-order valence-electron chi connectivity index (χ1n) is 10.1. The van der Waals surface area contributed by atoms with Gasteiger partial charge in [-0.3, -0.25) is 14.4 Å². The van der Waals surface area contributed by atoms with E-state index in [0.29, 0.717) is 33.6 Å². The first-order chi connectivity index (χ1) is 15.6. The van der Waals surface area contributed by atoms with E-state index < -0.39 is 30.4 Å². The van der Waals surface area contributed by atoms with Crippen molar-refractivity contribution in [2.24, 2.45) is 5.92 Å². The maximum absolute atomic E-state index is 12.0. The molecule has 0 aliphatic heterocycles. The Balaban J connectivity index is 1.70. The van der Waals surface area contributed by atoms with Crippen LogP contribution in [-0.4, -0.2) is 37.0 Å². The molecule has 0 atom stereocenters. The van der Waals surface area contributed by atoms with Crippen molar-refractivity contribution in [3.8, 4) is 0 Å².